The molecule has 1 aliphatic heterocycles. The second-order valence-corrected chi connectivity index (χ2v) is 6.53. The van der Waals surface area contributed by atoms with Gasteiger partial charge in [0.2, 0.25) is 5.91 Å². The summed E-state index contributed by atoms with van der Waals surface area (Å²) in [6.07, 6.45) is 7.44. The SMILES string of the molecule is O=C(Nc1ccc2c(c1)CCCN2)C1C2CCCCC21. The average molecular weight is 270 g/mol. The summed E-state index contributed by atoms with van der Waals surface area (Å²) < 4.78 is 0. The number of hydrogen-bond donors (Lipinski definition) is 2. The summed E-state index contributed by atoms with van der Waals surface area (Å²) in [4.78, 5) is 12.4. The van der Waals surface area contributed by atoms with Crippen LogP contribution in [0.3, 0.4) is 0 Å². The highest BCUT2D eigenvalue weighted by molar-refractivity contribution is 5.95. The second-order valence-electron chi connectivity index (χ2n) is 6.53. The molecule has 20 heavy (non-hydrogen) atoms. The number of amides is 1. The van der Waals surface area contributed by atoms with Gasteiger partial charge in [0, 0.05) is 23.8 Å². The molecule has 106 valence electrons. The third-order valence-electron chi connectivity index (χ3n) is 5.27. The molecular formula is C17H22N2O. The van der Waals surface area contributed by atoms with Gasteiger partial charge in [0.05, 0.1) is 0 Å². The molecule has 1 amide bonds. The average Bonchev–Trinajstić information content (AvgIpc) is 3.21. The fraction of sp³-hybridized carbons (Fsp3) is 0.588. The van der Waals surface area contributed by atoms with E-state index in [0.29, 0.717) is 17.8 Å². The van der Waals surface area contributed by atoms with Crippen LogP contribution in [0.15, 0.2) is 18.2 Å². The number of hydrogen-bond acceptors (Lipinski definition) is 2. The summed E-state index contributed by atoms with van der Waals surface area (Å²) in [6, 6.07) is 6.27. The van der Waals surface area contributed by atoms with Gasteiger partial charge in [0.15, 0.2) is 0 Å². The van der Waals surface area contributed by atoms with Gasteiger partial charge in [0.1, 0.15) is 0 Å². The highest BCUT2D eigenvalue weighted by Crippen LogP contribution is 2.55. The molecule has 0 aromatic heterocycles. The second kappa shape index (κ2) is 4.80. The number of aryl methyl sites for hydroxylation is 1. The number of fused-ring (bicyclic) bond motifs is 2. The Labute approximate surface area is 120 Å². The van der Waals surface area contributed by atoms with Crippen LogP contribution in [-0.2, 0) is 11.2 Å². The molecular weight excluding hydrogens is 248 g/mol. The molecule has 3 aliphatic rings. The molecule has 0 spiro atoms. The molecule has 1 aromatic carbocycles. The van der Waals surface area contributed by atoms with Gasteiger partial charge in [-0.1, -0.05) is 12.8 Å². The van der Waals surface area contributed by atoms with Gasteiger partial charge in [-0.3, -0.25) is 4.79 Å². The van der Waals surface area contributed by atoms with E-state index in [2.05, 4.69) is 22.8 Å². The van der Waals surface area contributed by atoms with Gasteiger partial charge in [-0.05, 0) is 61.3 Å². The lowest BCUT2D eigenvalue weighted by Gasteiger charge is -2.18. The molecule has 0 radical (unpaired) electrons. The van der Waals surface area contributed by atoms with Crippen molar-refractivity contribution in [2.75, 3.05) is 17.2 Å². The number of carbonyl (C=O) groups is 1. The van der Waals surface area contributed by atoms with Crippen molar-refractivity contribution in [2.24, 2.45) is 17.8 Å². The van der Waals surface area contributed by atoms with E-state index in [0.717, 1.165) is 18.7 Å². The summed E-state index contributed by atoms with van der Waals surface area (Å²) in [5.74, 6) is 1.92. The summed E-state index contributed by atoms with van der Waals surface area (Å²) in [7, 11) is 0. The molecule has 2 saturated carbocycles. The lowest BCUT2D eigenvalue weighted by Crippen LogP contribution is -2.17. The molecule has 2 aliphatic carbocycles. The lowest BCUT2D eigenvalue weighted by atomic mass is 10.0. The van der Waals surface area contributed by atoms with Crippen molar-refractivity contribution in [1.29, 1.82) is 0 Å². The standard InChI is InChI=1S/C17H22N2O/c20-17(16-13-5-1-2-6-14(13)16)19-12-7-8-15-11(10-12)4-3-9-18-15/h7-8,10,13-14,16,18H,1-6,9H2,(H,19,20). The highest BCUT2D eigenvalue weighted by Gasteiger charge is 2.54. The number of benzene rings is 1. The Bertz CT molecular complexity index is 528. The van der Waals surface area contributed by atoms with E-state index in [1.54, 1.807) is 0 Å². The van der Waals surface area contributed by atoms with Crippen molar-refractivity contribution < 1.29 is 4.79 Å². The number of carbonyl (C=O) groups excluding carboxylic acids is 1. The minimum atomic E-state index is 0.255. The van der Waals surface area contributed by atoms with Crippen LogP contribution in [0.2, 0.25) is 0 Å². The minimum Gasteiger partial charge on any atom is -0.385 e. The van der Waals surface area contributed by atoms with Crippen molar-refractivity contribution in [1.82, 2.24) is 0 Å². The molecule has 2 atom stereocenters. The molecule has 2 fully saturated rings. The Kier molecular flexibility index (Phi) is 2.94. The minimum absolute atomic E-state index is 0.255. The van der Waals surface area contributed by atoms with Crippen LogP contribution in [0.5, 0.6) is 0 Å². The van der Waals surface area contributed by atoms with Crippen molar-refractivity contribution >= 4 is 17.3 Å². The summed E-state index contributed by atoms with van der Waals surface area (Å²) >= 11 is 0. The smallest absolute Gasteiger partial charge is 0.228 e. The molecule has 3 nitrogen and oxygen atoms in total. The number of nitrogens with one attached hydrogen (secondary N) is 2. The number of rotatable bonds is 2. The quantitative estimate of drug-likeness (QED) is 0.864. The van der Waals surface area contributed by atoms with Crippen molar-refractivity contribution in [3.05, 3.63) is 23.8 Å². The van der Waals surface area contributed by atoms with E-state index in [9.17, 15) is 4.79 Å². The number of anilines is 2. The lowest BCUT2D eigenvalue weighted by molar-refractivity contribution is -0.117. The first-order chi connectivity index (χ1) is 9.83. The zero-order valence-corrected chi connectivity index (χ0v) is 11.8. The molecule has 1 heterocycles. The van der Waals surface area contributed by atoms with E-state index in [1.807, 2.05) is 6.07 Å². The normalized spacial score (nSPS) is 30.7. The van der Waals surface area contributed by atoms with Gasteiger partial charge in [-0.25, -0.2) is 0 Å². The van der Waals surface area contributed by atoms with E-state index in [1.165, 1.54) is 43.4 Å². The maximum atomic E-state index is 12.4. The van der Waals surface area contributed by atoms with Crippen molar-refractivity contribution in [2.45, 2.75) is 38.5 Å². The fourth-order valence-electron chi connectivity index (χ4n) is 4.16. The van der Waals surface area contributed by atoms with E-state index in [4.69, 9.17) is 0 Å². The van der Waals surface area contributed by atoms with E-state index in [-0.39, 0.29) is 5.91 Å². The van der Waals surface area contributed by atoms with Gasteiger partial charge >= 0.3 is 0 Å². The maximum Gasteiger partial charge on any atom is 0.228 e. The Morgan fingerprint density at radius 2 is 1.95 bits per heavy atom. The Hall–Kier alpha value is -1.51. The largest absolute Gasteiger partial charge is 0.385 e. The van der Waals surface area contributed by atoms with E-state index >= 15 is 0 Å². The van der Waals surface area contributed by atoms with Crippen LogP contribution >= 0.6 is 0 Å². The first-order valence-electron chi connectivity index (χ1n) is 8.00. The van der Waals surface area contributed by atoms with Crippen LogP contribution in [0, 0.1) is 17.8 Å². The van der Waals surface area contributed by atoms with Crippen LogP contribution in [0.25, 0.3) is 0 Å². The molecule has 3 heteroatoms. The molecule has 1 aromatic rings. The maximum absolute atomic E-state index is 12.4. The van der Waals surface area contributed by atoms with Crippen LogP contribution in [0.4, 0.5) is 11.4 Å². The predicted octanol–water partition coefficient (Wildman–Crippen LogP) is 3.42. The Morgan fingerprint density at radius 3 is 2.75 bits per heavy atom. The van der Waals surface area contributed by atoms with Crippen LogP contribution in [-0.4, -0.2) is 12.5 Å². The van der Waals surface area contributed by atoms with Crippen LogP contribution in [0.1, 0.15) is 37.7 Å². The van der Waals surface area contributed by atoms with Gasteiger partial charge < -0.3 is 10.6 Å². The third-order valence-corrected chi connectivity index (χ3v) is 5.27. The van der Waals surface area contributed by atoms with E-state index < -0.39 is 0 Å². The highest BCUT2D eigenvalue weighted by atomic mass is 16.2. The molecule has 0 bridgehead atoms. The molecule has 2 unspecified atom stereocenters. The third kappa shape index (κ3) is 2.09. The predicted molar refractivity (Wildman–Crippen MR) is 80.8 cm³/mol. The molecule has 4 rings (SSSR count). The summed E-state index contributed by atoms with van der Waals surface area (Å²) in [6.45, 7) is 1.06. The Morgan fingerprint density at radius 1 is 1.15 bits per heavy atom. The zero-order chi connectivity index (χ0) is 13.5. The Balaban J connectivity index is 1.45. The zero-order valence-electron chi connectivity index (χ0n) is 11.8. The molecule has 2 N–H and O–H groups in total. The summed E-state index contributed by atoms with van der Waals surface area (Å²) in [5.41, 5.74) is 3.54. The first kappa shape index (κ1) is 12.2. The van der Waals surface area contributed by atoms with Crippen molar-refractivity contribution in [3.63, 3.8) is 0 Å². The van der Waals surface area contributed by atoms with Gasteiger partial charge in [-0.15, -0.1) is 0 Å². The van der Waals surface area contributed by atoms with Crippen molar-refractivity contribution in [3.8, 4) is 0 Å². The topological polar surface area (TPSA) is 41.1 Å². The molecule has 0 saturated heterocycles. The first-order valence-corrected chi connectivity index (χ1v) is 8.00. The van der Waals surface area contributed by atoms with Crippen LogP contribution < -0.4 is 10.6 Å². The fourth-order valence-corrected chi connectivity index (χ4v) is 4.16. The summed E-state index contributed by atoms with van der Waals surface area (Å²) in [5, 5.41) is 6.55. The van der Waals surface area contributed by atoms with Gasteiger partial charge in [-0.2, -0.15) is 0 Å². The monoisotopic (exact) mass is 270 g/mol. The van der Waals surface area contributed by atoms with Gasteiger partial charge in [0.25, 0.3) is 0 Å².